The normalized spacial score (nSPS) is 22.2. The maximum Gasteiger partial charge on any atom is 0.238 e. The molecule has 2 heterocycles. The summed E-state index contributed by atoms with van der Waals surface area (Å²) >= 11 is 12.1. The minimum absolute atomic E-state index is 0.0240. The van der Waals surface area contributed by atoms with Gasteiger partial charge >= 0.3 is 0 Å². The Bertz CT molecular complexity index is 780. The summed E-state index contributed by atoms with van der Waals surface area (Å²) in [5, 5.41) is 3.82. The third-order valence-corrected chi connectivity index (χ3v) is 6.64. The molecule has 1 amide bonds. The summed E-state index contributed by atoms with van der Waals surface area (Å²) in [5.74, 6) is 0.0536. The molecule has 0 radical (unpaired) electrons. The Balaban J connectivity index is 1.69. The third-order valence-electron chi connectivity index (χ3n) is 5.90. The first kappa shape index (κ1) is 23.2. The maximum atomic E-state index is 13.1. The molecular weight excluding hydrogens is 423 g/mol. The molecule has 30 heavy (non-hydrogen) atoms. The first-order chi connectivity index (χ1) is 14.5. The fourth-order valence-electron chi connectivity index (χ4n) is 4.21. The zero-order valence-corrected chi connectivity index (χ0v) is 18.7. The van der Waals surface area contributed by atoms with Gasteiger partial charge in [0, 0.05) is 26.2 Å². The molecule has 2 aliphatic rings. The van der Waals surface area contributed by atoms with Gasteiger partial charge in [0.1, 0.15) is 6.04 Å². The number of nitrogens with one attached hydrogen (secondary N) is 1. The highest BCUT2D eigenvalue weighted by atomic mass is 35.5. The molecule has 3 N–H and O–H groups in total. The van der Waals surface area contributed by atoms with Gasteiger partial charge in [-0.1, -0.05) is 41.8 Å². The van der Waals surface area contributed by atoms with E-state index >= 15 is 0 Å². The van der Waals surface area contributed by atoms with Gasteiger partial charge in [-0.15, -0.1) is 0 Å². The summed E-state index contributed by atoms with van der Waals surface area (Å²) in [6.07, 6.45) is 7.53. The molecule has 2 atom stereocenters. The Morgan fingerprint density at radius 1 is 1.20 bits per heavy atom. The van der Waals surface area contributed by atoms with Gasteiger partial charge in [-0.2, -0.15) is 0 Å². The smallest absolute Gasteiger partial charge is 0.238 e. The number of amides is 1. The molecule has 0 bridgehead atoms. The number of nitrogens with two attached hydrogens (primary N) is 1. The fraction of sp³-hybridized carbons (Fsp3) is 0.545. The average Bonchev–Trinajstić information content (AvgIpc) is 2.75. The van der Waals surface area contributed by atoms with Crippen molar-refractivity contribution in [3.8, 4) is 0 Å². The molecule has 0 spiro atoms. The van der Waals surface area contributed by atoms with E-state index in [1.165, 1.54) is 6.42 Å². The second-order valence-electron chi connectivity index (χ2n) is 7.89. The van der Waals surface area contributed by atoms with E-state index in [9.17, 15) is 9.59 Å². The van der Waals surface area contributed by atoms with Gasteiger partial charge in [-0.25, -0.2) is 0 Å². The number of piperazine rings is 1. The number of nitrogens with zero attached hydrogens (tertiary/aromatic N) is 2. The number of halogens is 2. The van der Waals surface area contributed by atoms with Crippen LogP contribution in [0.4, 0.5) is 0 Å². The van der Waals surface area contributed by atoms with Crippen LogP contribution in [0.3, 0.4) is 0 Å². The second-order valence-corrected chi connectivity index (χ2v) is 8.70. The zero-order valence-electron chi connectivity index (χ0n) is 17.2. The lowest BCUT2D eigenvalue weighted by Crippen LogP contribution is -2.59. The van der Waals surface area contributed by atoms with Crippen LogP contribution in [0.2, 0.25) is 10.0 Å². The number of piperidine rings is 1. The number of rotatable bonds is 8. The highest BCUT2D eigenvalue weighted by Gasteiger charge is 2.31. The van der Waals surface area contributed by atoms with Crippen molar-refractivity contribution in [2.45, 2.75) is 37.8 Å². The number of carbonyl (C=O) groups is 2. The predicted molar refractivity (Wildman–Crippen MR) is 122 cm³/mol. The SMILES string of the molecule is NCC1C(=O)NCCN1CCC(C(=O)/C=C/c1ccc(Cl)c(Cl)c1)N1CCCCC1. The summed E-state index contributed by atoms with van der Waals surface area (Å²) < 4.78 is 0. The quantitative estimate of drug-likeness (QED) is 0.592. The summed E-state index contributed by atoms with van der Waals surface area (Å²) in [7, 11) is 0. The summed E-state index contributed by atoms with van der Waals surface area (Å²) in [5.41, 5.74) is 6.66. The van der Waals surface area contributed by atoms with Crippen LogP contribution in [0, 0.1) is 0 Å². The molecule has 2 aliphatic heterocycles. The van der Waals surface area contributed by atoms with Crippen molar-refractivity contribution in [3.05, 3.63) is 39.9 Å². The topological polar surface area (TPSA) is 78.7 Å². The van der Waals surface area contributed by atoms with Crippen molar-refractivity contribution in [1.82, 2.24) is 15.1 Å². The summed E-state index contributed by atoms with van der Waals surface area (Å²) in [6.45, 7) is 4.19. The maximum absolute atomic E-state index is 13.1. The lowest BCUT2D eigenvalue weighted by Gasteiger charge is -2.37. The Morgan fingerprint density at radius 2 is 1.97 bits per heavy atom. The van der Waals surface area contributed by atoms with E-state index in [0.29, 0.717) is 29.6 Å². The van der Waals surface area contributed by atoms with E-state index in [2.05, 4.69) is 15.1 Å². The van der Waals surface area contributed by atoms with Crippen molar-refractivity contribution in [2.75, 3.05) is 39.3 Å². The lowest BCUT2D eigenvalue weighted by molar-refractivity contribution is -0.128. The highest BCUT2D eigenvalue weighted by Crippen LogP contribution is 2.23. The van der Waals surface area contributed by atoms with Crippen LogP contribution in [0.5, 0.6) is 0 Å². The van der Waals surface area contributed by atoms with Gasteiger partial charge in [0.2, 0.25) is 5.91 Å². The molecule has 2 unspecified atom stereocenters. The number of ketones is 1. The molecule has 0 aliphatic carbocycles. The largest absolute Gasteiger partial charge is 0.353 e. The molecule has 2 saturated heterocycles. The van der Waals surface area contributed by atoms with Gasteiger partial charge in [0.25, 0.3) is 0 Å². The molecule has 0 aromatic heterocycles. The monoisotopic (exact) mass is 452 g/mol. The van der Waals surface area contributed by atoms with Gasteiger partial charge in [0.15, 0.2) is 5.78 Å². The molecule has 8 heteroatoms. The molecule has 3 rings (SSSR count). The van der Waals surface area contributed by atoms with Crippen molar-refractivity contribution in [2.24, 2.45) is 5.73 Å². The van der Waals surface area contributed by atoms with E-state index in [1.54, 1.807) is 24.3 Å². The van der Waals surface area contributed by atoms with Crippen molar-refractivity contribution >= 4 is 41.0 Å². The highest BCUT2D eigenvalue weighted by molar-refractivity contribution is 6.42. The van der Waals surface area contributed by atoms with Crippen LogP contribution in [-0.4, -0.2) is 72.8 Å². The van der Waals surface area contributed by atoms with Crippen molar-refractivity contribution < 1.29 is 9.59 Å². The zero-order chi connectivity index (χ0) is 21.5. The fourth-order valence-corrected chi connectivity index (χ4v) is 4.52. The van der Waals surface area contributed by atoms with Crippen LogP contribution in [-0.2, 0) is 9.59 Å². The van der Waals surface area contributed by atoms with E-state index in [4.69, 9.17) is 28.9 Å². The molecule has 1 aromatic carbocycles. The average molecular weight is 453 g/mol. The molecule has 1 aromatic rings. The van der Waals surface area contributed by atoms with Gasteiger partial charge in [0.05, 0.1) is 16.1 Å². The number of hydrogen-bond acceptors (Lipinski definition) is 5. The minimum atomic E-state index is -0.317. The van der Waals surface area contributed by atoms with Gasteiger partial charge < -0.3 is 11.1 Å². The van der Waals surface area contributed by atoms with E-state index in [0.717, 1.165) is 38.0 Å². The Hall–Kier alpha value is -1.44. The Labute approximate surface area is 188 Å². The van der Waals surface area contributed by atoms with Crippen LogP contribution in [0.25, 0.3) is 6.08 Å². The first-order valence-corrected chi connectivity index (χ1v) is 11.4. The van der Waals surface area contributed by atoms with E-state index < -0.39 is 0 Å². The number of benzene rings is 1. The number of carbonyl (C=O) groups excluding carboxylic acids is 2. The third kappa shape index (κ3) is 6.05. The van der Waals surface area contributed by atoms with E-state index in [-0.39, 0.29) is 30.3 Å². The standard InChI is InChI=1S/C22H30Cl2N4O2/c23-17-6-4-16(14-18(17)24)5-7-21(29)19(27-10-2-1-3-11-27)8-12-28-13-9-26-22(30)20(28)15-25/h4-7,14,19-20H,1-3,8-13,15,25H2,(H,26,30)/b7-5+. The van der Waals surface area contributed by atoms with E-state index in [1.807, 2.05) is 6.07 Å². The summed E-state index contributed by atoms with van der Waals surface area (Å²) in [6, 6.07) is 4.80. The summed E-state index contributed by atoms with van der Waals surface area (Å²) in [4.78, 5) is 29.6. The molecule has 2 fully saturated rings. The number of likely N-dealkylation sites (tertiary alicyclic amines) is 1. The van der Waals surface area contributed by atoms with Crippen molar-refractivity contribution in [1.29, 1.82) is 0 Å². The van der Waals surface area contributed by atoms with Crippen LogP contribution < -0.4 is 11.1 Å². The molecule has 0 saturated carbocycles. The number of hydrogen-bond donors (Lipinski definition) is 2. The van der Waals surface area contributed by atoms with Crippen LogP contribution in [0.1, 0.15) is 31.2 Å². The molecular formula is C22H30Cl2N4O2. The Kier molecular flexibility index (Phi) is 8.72. The first-order valence-electron chi connectivity index (χ1n) is 10.6. The Morgan fingerprint density at radius 3 is 2.67 bits per heavy atom. The van der Waals surface area contributed by atoms with Crippen molar-refractivity contribution in [3.63, 3.8) is 0 Å². The minimum Gasteiger partial charge on any atom is -0.353 e. The van der Waals surface area contributed by atoms with Crippen LogP contribution >= 0.6 is 23.2 Å². The van der Waals surface area contributed by atoms with Crippen LogP contribution in [0.15, 0.2) is 24.3 Å². The molecule has 6 nitrogen and oxygen atoms in total. The van der Waals surface area contributed by atoms with Gasteiger partial charge in [-0.3, -0.25) is 19.4 Å². The molecule has 164 valence electrons. The second kappa shape index (κ2) is 11.3. The predicted octanol–water partition coefficient (Wildman–Crippen LogP) is 2.58. The lowest BCUT2D eigenvalue weighted by atomic mass is 10.0. The van der Waals surface area contributed by atoms with Gasteiger partial charge in [-0.05, 0) is 56.1 Å².